The Morgan fingerprint density at radius 2 is 1.91 bits per heavy atom. The van der Waals surface area contributed by atoms with E-state index in [1.807, 2.05) is 30.3 Å². The van der Waals surface area contributed by atoms with Gasteiger partial charge in [0.1, 0.15) is 16.1 Å². The quantitative estimate of drug-likeness (QED) is 0.822. The molecule has 0 bridgehead atoms. The lowest BCUT2D eigenvalue weighted by atomic mass is 9.95. The summed E-state index contributed by atoms with van der Waals surface area (Å²) >= 11 is 11.4. The second-order valence-corrected chi connectivity index (χ2v) is 6.11. The molecule has 0 spiro atoms. The SMILES string of the molecule is Fc1nc(O[C@@H](c2ccccc2)[C@H]2CCNC2)c(Cl)c(F)c1Cl. The van der Waals surface area contributed by atoms with E-state index in [1.165, 1.54) is 0 Å². The summed E-state index contributed by atoms with van der Waals surface area (Å²) in [4.78, 5) is 3.56. The molecule has 0 saturated carbocycles. The van der Waals surface area contributed by atoms with Crippen molar-refractivity contribution in [1.82, 2.24) is 10.3 Å². The maximum absolute atomic E-state index is 13.8. The van der Waals surface area contributed by atoms with Crippen molar-refractivity contribution in [2.75, 3.05) is 13.1 Å². The van der Waals surface area contributed by atoms with Crippen LogP contribution in [0.25, 0.3) is 0 Å². The van der Waals surface area contributed by atoms with Gasteiger partial charge in [0.15, 0.2) is 5.82 Å². The van der Waals surface area contributed by atoms with E-state index >= 15 is 0 Å². The summed E-state index contributed by atoms with van der Waals surface area (Å²) in [6.45, 7) is 1.61. The largest absolute Gasteiger partial charge is 0.468 e. The maximum atomic E-state index is 13.8. The number of rotatable bonds is 4. The van der Waals surface area contributed by atoms with E-state index in [1.54, 1.807) is 0 Å². The zero-order valence-corrected chi connectivity index (χ0v) is 13.5. The molecule has 0 radical (unpaired) electrons. The maximum Gasteiger partial charge on any atom is 0.239 e. The summed E-state index contributed by atoms with van der Waals surface area (Å²) in [7, 11) is 0. The third kappa shape index (κ3) is 3.42. The van der Waals surface area contributed by atoms with Gasteiger partial charge >= 0.3 is 0 Å². The normalized spacial score (nSPS) is 18.9. The first-order chi connectivity index (χ1) is 11.1. The lowest BCUT2D eigenvalue weighted by Crippen LogP contribution is -2.22. The van der Waals surface area contributed by atoms with Gasteiger partial charge in [-0.05, 0) is 18.5 Å². The van der Waals surface area contributed by atoms with Crippen LogP contribution in [0.1, 0.15) is 18.1 Å². The van der Waals surface area contributed by atoms with Crippen LogP contribution < -0.4 is 10.1 Å². The molecule has 1 fully saturated rings. The lowest BCUT2D eigenvalue weighted by Gasteiger charge is -2.24. The molecule has 2 heterocycles. The number of benzene rings is 1. The van der Waals surface area contributed by atoms with Crippen molar-refractivity contribution in [3.63, 3.8) is 0 Å². The Labute approximate surface area is 142 Å². The van der Waals surface area contributed by atoms with Gasteiger partial charge in [0.05, 0.1) is 0 Å². The molecule has 0 amide bonds. The van der Waals surface area contributed by atoms with Crippen molar-refractivity contribution in [3.05, 3.63) is 57.7 Å². The molecule has 3 nitrogen and oxygen atoms in total. The minimum absolute atomic E-state index is 0.150. The Bertz CT molecular complexity index is 694. The highest BCUT2D eigenvalue weighted by atomic mass is 35.5. The summed E-state index contributed by atoms with van der Waals surface area (Å²) in [5, 5.41) is 2.10. The molecule has 1 aliphatic heterocycles. The highest BCUT2D eigenvalue weighted by Gasteiger charge is 2.30. The Kier molecular flexibility index (Phi) is 4.99. The zero-order chi connectivity index (χ0) is 16.4. The van der Waals surface area contributed by atoms with E-state index in [9.17, 15) is 8.78 Å². The van der Waals surface area contributed by atoms with Crippen LogP contribution in [0.5, 0.6) is 5.88 Å². The molecule has 1 N–H and O–H groups in total. The molecular weight excluding hydrogens is 345 g/mol. The van der Waals surface area contributed by atoms with Crippen molar-refractivity contribution in [1.29, 1.82) is 0 Å². The van der Waals surface area contributed by atoms with E-state index < -0.39 is 27.9 Å². The van der Waals surface area contributed by atoms with Gasteiger partial charge in [0, 0.05) is 12.5 Å². The number of aromatic nitrogens is 1. The Morgan fingerprint density at radius 3 is 2.57 bits per heavy atom. The Morgan fingerprint density at radius 1 is 1.17 bits per heavy atom. The molecule has 1 aromatic carbocycles. The van der Waals surface area contributed by atoms with Crippen LogP contribution in [-0.2, 0) is 0 Å². The second kappa shape index (κ2) is 6.99. The van der Waals surface area contributed by atoms with Gasteiger partial charge in [0.25, 0.3) is 0 Å². The molecule has 7 heteroatoms. The van der Waals surface area contributed by atoms with Crippen LogP contribution >= 0.6 is 23.2 Å². The molecule has 2 aromatic rings. The van der Waals surface area contributed by atoms with E-state index in [4.69, 9.17) is 27.9 Å². The first-order valence-electron chi connectivity index (χ1n) is 7.20. The lowest BCUT2D eigenvalue weighted by molar-refractivity contribution is 0.136. The first kappa shape index (κ1) is 16.4. The second-order valence-electron chi connectivity index (χ2n) is 5.35. The van der Waals surface area contributed by atoms with Gasteiger partial charge in [-0.2, -0.15) is 9.37 Å². The van der Waals surface area contributed by atoms with Crippen molar-refractivity contribution < 1.29 is 13.5 Å². The summed E-state index contributed by atoms with van der Waals surface area (Å²) in [6, 6.07) is 9.46. The molecular formula is C16H14Cl2F2N2O. The van der Waals surface area contributed by atoms with Crippen LogP contribution in [0, 0.1) is 17.7 Å². The van der Waals surface area contributed by atoms with Crippen LogP contribution in [0.2, 0.25) is 10.0 Å². The number of nitrogens with zero attached hydrogens (tertiary/aromatic N) is 1. The standard InChI is InChI=1S/C16H14Cl2F2N2O/c17-11-13(19)12(18)16(22-15(11)20)23-14(10-6-7-21-8-10)9-4-2-1-3-5-9/h1-5,10,14,21H,6-8H2/t10-,14-/m0/s1. The number of hydrogen-bond donors (Lipinski definition) is 1. The topological polar surface area (TPSA) is 34.1 Å². The molecule has 122 valence electrons. The number of halogens is 4. The molecule has 1 aliphatic rings. The van der Waals surface area contributed by atoms with Gasteiger partial charge in [-0.25, -0.2) is 4.39 Å². The van der Waals surface area contributed by atoms with E-state index in [-0.39, 0.29) is 11.8 Å². The summed E-state index contributed by atoms with van der Waals surface area (Å²) in [6.07, 6.45) is 0.478. The predicted molar refractivity (Wildman–Crippen MR) is 85.0 cm³/mol. The van der Waals surface area contributed by atoms with Crippen molar-refractivity contribution in [2.24, 2.45) is 5.92 Å². The molecule has 1 aromatic heterocycles. The molecule has 23 heavy (non-hydrogen) atoms. The molecule has 3 rings (SSSR count). The number of pyridine rings is 1. The highest BCUT2D eigenvalue weighted by Crippen LogP contribution is 2.37. The van der Waals surface area contributed by atoms with Crippen molar-refractivity contribution in [2.45, 2.75) is 12.5 Å². The fourth-order valence-corrected chi connectivity index (χ4v) is 3.05. The minimum atomic E-state index is -1.14. The number of nitrogens with one attached hydrogen (secondary N) is 1. The van der Waals surface area contributed by atoms with Crippen LogP contribution in [0.15, 0.2) is 30.3 Å². The summed E-state index contributed by atoms with van der Waals surface area (Å²) in [5.74, 6) is -2.34. The third-order valence-electron chi connectivity index (χ3n) is 3.85. The van der Waals surface area contributed by atoms with Gasteiger partial charge in [-0.3, -0.25) is 0 Å². The molecule has 0 aliphatic carbocycles. The number of ether oxygens (including phenoxy) is 1. The molecule has 1 saturated heterocycles. The molecule has 0 unspecified atom stereocenters. The van der Waals surface area contributed by atoms with Gasteiger partial charge in [0.2, 0.25) is 11.8 Å². The smallest absolute Gasteiger partial charge is 0.239 e. The average Bonchev–Trinajstić information content (AvgIpc) is 3.10. The van der Waals surface area contributed by atoms with Crippen LogP contribution in [0.4, 0.5) is 8.78 Å². The zero-order valence-electron chi connectivity index (χ0n) is 12.0. The number of hydrogen-bond acceptors (Lipinski definition) is 3. The van der Waals surface area contributed by atoms with E-state index in [0.717, 1.165) is 25.1 Å². The van der Waals surface area contributed by atoms with Crippen LogP contribution in [0.3, 0.4) is 0 Å². The van der Waals surface area contributed by atoms with Gasteiger partial charge in [-0.15, -0.1) is 0 Å². The van der Waals surface area contributed by atoms with Gasteiger partial charge in [-0.1, -0.05) is 53.5 Å². The third-order valence-corrected chi connectivity index (χ3v) is 4.50. The van der Waals surface area contributed by atoms with Crippen molar-refractivity contribution >= 4 is 23.2 Å². The minimum Gasteiger partial charge on any atom is -0.468 e. The summed E-state index contributed by atoms with van der Waals surface area (Å²) in [5.41, 5.74) is 0.898. The first-order valence-corrected chi connectivity index (χ1v) is 7.96. The monoisotopic (exact) mass is 358 g/mol. The Hall–Kier alpha value is -1.43. The van der Waals surface area contributed by atoms with Crippen LogP contribution in [-0.4, -0.2) is 18.1 Å². The predicted octanol–water partition coefficient (Wildman–Crippen LogP) is 4.40. The van der Waals surface area contributed by atoms with Gasteiger partial charge < -0.3 is 10.1 Å². The average molecular weight is 359 g/mol. The Balaban J connectivity index is 1.96. The fraction of sp³-hybridized carbons (Fsp3) is 0.312. The van der Waals surface area contributed by atoms with E-state index in [0.29, 0.717) is 0 Å². The summed E-state index contributed by atoms with van der Waals surface area (Å²) < 4.78 is 33.3. The fourth-order valence-electron chi connectivity index (χ4n) is 2.68. The van der Waals surface area contributed by atoms with Crippen molar-refractivity contribution in [3.8, 4) is 5.88 Å². The molecule has 2 atom stereocenters. The highest BCUT2D eigenvalue weighted by molar-refractivity contribution is 6.35. The van der Waals surface area contributed by atoms with E-state index in [2.05, 4.69) is 10.3 Å².